The lowest BCUT2D eigenvalue weighted by molar-refractivity contribution is 0.245. The van der Waals surface area contributed by atoms with Gasteiger partial charge >= 0.3 is 0 Å². The second kappa shape index (κ2) is 9.66. The molecule has 0 amide bonds. The predicted molar refractivity (Wildman–Crippen MR) is 137 cm³/mol. The fourth-order valence-electron chi connectivity index (χ4n) is 4.16. The van der Waals surface area contributed by atoms with Crippen molar-refractivity contribution in [3.05, 3.63) is 98.6 Å². The van der Waals surface area contributed by atoms with Crippen molar-refractivity contribution in [2.75, 3.05) is 7.11 Å². The Morgan fingerprint density at radius 1 is 0.912 bits per heavy atom. The lowest BCUT2D eigenvalue weighted by atomic mass is 10.1. The smallest absolute Gasteiger partial charge is 0.218 e. The number of aryl methyl sites for hydroxylation is 1. The molecule has 172 valence electrons. The third-order valence-corrected chi connectivity index (χ3v) is 6.94. The highest BCUT2D eigenvalue weighted by molar-refractivity contribution is 7.09. The molecule has 0 unspecified atom stereocenters. The highest BCUT2D eigenvalue weighted by atomic mass is 35.5. The van der Waals surface area contributed by atoms with Crippen molar-refractivity contribution in [3.63, 3.8) is 0 Å². The van der Waals surface area contributed by atoms with Gasteiger partial charge in [0.05, 0.1) is 18.1 Å². The van der Waals surface area contributed by atoms with Gasteiger partial charge in [-0.2, -0.15) is 0 Å². The Morgan fingerprint density at radius 2 is 1.65 bits per heavy atom. The maximum atomic E-state index is 13.9. The average molecular weight is 492 g/mol. The van der Waals surface area contributed by atoms with Gasteiger partial charge in [-0.05, 0) is 60.8 Å². The Hall–Kier alpha value is -3.06. The first-order valence-corrected chi connectivity index (χ1v) is 12.2. The van der Waals surface area contributed by atoms with E-state index in [-0.39, 0.29) is 5.82 Å². The van der Waals surface area contributed by atoms with E-state index in [9.17, 15) is 4.39 Å². The van der Waals surface area contributed by atoms with Gasteiger partial charge < -0.3 is 4.74 Å². The first-order chi connectivity index (χ1) is 16.5. The molecule has 0 aliphatic rings. The number of fused-ring (bicyclic) bond motifs is 2. The van der Waals surface area contributed by atoms with E-state index in [2.05, 4.69) is 45.4 Å². The van der Waals surface area contributed by atoms with Gasteiger partial charge in [-0.3, -0.25) is 4.90 Å². The Morgan fingerprint density at radius 3 is 2.44 bits per heavy atom. The number of nitrogens with zero attached hydrogens (tertiary/aromatic N) is 3. The van der Waals surface area contributed by atoms with E-state index in [4.69, 9.17) is 16.3 Å². The molecule has 0 aliphatic heterocycles. The minimum atomic E-state index is -0.287. The normalized spacial score (nSPS) is 11.6. The fourth-order valence-corrected chi connectivity index (χ4v) is 5.11. The van der Waals surface area contributed by atoms with Gasteiger partial charge in [0.25, 0.3) is 0 Å². The fraction of sp³-hybridized carbons (Fsp3) is 0.185. The van der Waals surface area contributed by atoms with Crippen molar-refractivity contribution in [2.45, 2.75) is 26.6 Å². The molecule has 0 aliphatic carbocycles. The first-order valence-electron chi connectivity index (χ1n) is 10.9. The molecule has 3 aromatic heterocycles. The molecule has 0 saturated heterocycles. The first kappa shape index (κ1) is 22.7. The number of hydrogen-bond acceptors (Lipinski definition) is 5. The summed E-state index contributed by atoms with van der Waals surface area (Å²) in [6.07, 6.45) is 0. The standard InChI is InChI=1S/C27H23ClFN3OS/c1-17-5-7-24-18(10-17)11-20(26(28)30-24)14-32(16-23-4-3-9-34-23)15-21-12-19-13-22(29)6-8-25(19)31-27(21)33-2/h3-13H,14-16H2,1-2H3. The van der Waals surface area contributed by atoms with Gasteiger partial charge in [0.1, 0.15) is 11.0 Å². The molecule has 4 nitrogen and oxygen atoms in total. The van der Waals surface area contributed by atoms with E-state index in [0.29, 0.717) is 29.6 Å². The van der Waals surface area contributed by atoms with Crippen LogP contribution in [0.5, 0.6) is 5.88 Å². The van der Waals surface area contributed by atoms with Crippen LogP contribution < -0.4 is 4.74 Å². The molecule has 0 spiro atoms. The summed E-state index contributed by atoms with van der Waals surface area (Å²) < 4.78 is 19.5. The number of benzene rings is 2. The predicted octanol–water partition coefficient (Wildman–Crippen LogP) is 7.16. The summed E-state index contributed by atoms with van der Waals surface area (Å²) in [5, 5.41) is 4.38. The molecule has 0 atom stereocenters. The van der Waals surface area contributed by atoms with Gasteiger partial charge in [-0.25, -0.2) is 14.4 Å². The van der Waals surface area contributed by atoms with Crippen LogP contribution in [0.15, 0.2) is 66.0 Å². The van der Waals surface area contributed by atoms with Crippen LogP contribution in [-0.2, 0) is 19.6 Å². The highest BCUT2D eigenvalue weighted by Crippen LogP contribution is 2.28. The Balaban J connectivity index is 1.52. The van der Waals surface area contributed by atoms with E-state index < -0.39 is 0 Å². The quantitative estimate of drug-likeness (QED) is 0.226. The molecule has 5 aromatic rings. The van der Waals surface area contributed by atoms with Crippen molar-refractivity contribution in [2.24, 2.45) is 0 Å². The second-order valence-corrected chi connectivity index (χ2v) is 9.74. The molecule has 0 fully saturated rings. The third-order valence-electron chi connectivity index (χ3n) is 5.75. The lowest BCUT2D eigenvalue weighted by Crippen LogP contribution is -2.23. The van der Waals surface area contributed by atoms with Gasteiger partial charge in [0.15, 0.2) is 0 Å². The summed E-state index contributed by atoms with van der Waals surface area (Å²) in [4.78, 5) is 12.7. The zero-order valence-electron chi connectivity index (χ0n) is 18.9. The molecule has 3 heterocycles. The highest BCUT2D eigenvalue weighted by Gasteiger charge is 2.17. The summed E-state index contributed by atoms with van der Waals surface area (Å²) in [5.41, 5.74) is 4.60. The van der Waals surface area contributed by atoms with E-state index in [1.54, 1.807) is 24.5 Å². The molecule has 7 heteroatoms. The zero-order chi connectivity index (χ0) is 23.7. The number of ether oxygens (including phenoxy) is 1. The van der Waals surface area contributed by atoms with Crippen molar-refractivity contribution in [3.8, 4) is 5.88 Å². The van der Waals surface area contributed by atoms with Crippen molar-refractivity contribution >= 4 is 44.7 Å². The number of hydrogen-bond donors (Lipinski definition) is 0. The largest absolute Gasteiger partial charge is 0.481 e. The monoisotopic (exact) mass is 491 g/mol. The SMILES string of the molecule is COc1nc2ccc(F)cc2cc1CN(Cc1cccs1)Cc1cc2cc(C)ccc2nc1Cl. The van der Waals surface area contributed by atoms with Crippen LogP contribution in [0.4, 0.5) is 4.39 Å². The molecule has 34 heavy (non-hydrogen) atoms. The summed E-state index contributed by atoms with van der Waals surface area (Å²) in [5.74, 6) is 0.249. The second-order valence-electron chi connectivity index (χ2n) is 8.35. The van der Waals surface area contributed by atoms with Crippen LogP contribution in [0.2, 0.25) is 5.15 Å². The molecule has 0 saturated carbocycles. The van der Waals surface area contributed by atoms with Crippen LogP contribution in [0.25, 0.3) is 21.8 Å². The number of halogens is 2. The number of methoxy groups -OCH3 is 1. The number of pyridine rings is 2. The third kappa shape index (κ3) is 4.89. The number of aromatic nitrogens is 2. The molecule has 0 bridgehead atoms. The Labute approximate surface area is 206 Å². The van der Waals surface area contributed by atoms with Crippen LogP contribution >= 0.6 is 22.9 Å². The van der Waals surface area contributed by atoms with Crippen LogP contribution in [-0.4, -0.2) is 22.0 Å². The molecular formula is C27H23ClFN3OS. The Kier molecular flexibility index (Phi) is 6.46. The van der Waals surface area contributed by atoms with Crippen molar-refractivity contribution in [1.29, 1.82) is 0 Å². The van der Waals surface area contributed by atoms with Gasteiger partial charge in [0, 0.05) is 46.4 Å². The van der Waals surface area contributed by atoms with E-state index in [1.165, 1.54) is 22.6 Å². The van der Waals surface area contributed by atoms with Gasteiger partial charge in [-0.15, -0.1) is 11.3 Å². The van der Waals surface area contributed by atoms with Crippen molar-refractivity contribution < 1.29 is 9.13 Å². The van der Waals surface area contributed by atoms with Crippen molar-refractivity contribution in [1.82, 2.24) is 14.9 Å². The maximum absolute atomic E-state index is 13.9. The summed E-state index contributed by atoms with van der Waals surface area (Å²) in [6, 6.07) is 19.0. The zero-order valence-corrected chi connectivity index (χ0v) is 20.5. The molecule has 5 rings (SSSR count). The van der Waals surface area contributed by atoms with Crippen LogP contribution in [0, 0.1) is 12.7 Å². The minimum absolute atomic E-state index is 0.287. The Bertz CT molecular complexity index is 1470. The molecule has 0 N–H and O–H groups in total. The lowest BCUT2D eigenvalue weighted by Gasteiger charge is -2.23. The molecule has 2 aromatic carbocycles. The topological polar surface area (TPSA) is 38.2 Å². The number of thiophene rings is 1. The minimum Gasteiger partial charge on any atom is -0.481 e. The summed E-state index contributed by atoms with van der Waals surface area (Å²) in [7, 11) is 1.61. The van der Waals surface area contributed by atoms with Crippen LogP contribution in [0.1, 0.15) is 21.6 Å². The summed E-state index contributed by atoms with van der Waals surface area (Å²) >= 11 is 8.32. The molecule has 0 radical (unpaired) electrons. The molecular weight excluding hydrogens is 469 g/mol. The van der Waals surface area contributed by atoms with Crippen LogP contribution in [0.3, 0.4) is 0 Å². The van der Waals surface area contributed by atoms with Gasteiger partial charge in [-0.1, -0.05) is 29.3 Å². The van der Waals surface area contributed by atoms with E-state index in [1.807, 2.05) is 24.3 Å². The van der Waals surface area contributed by atoms with E-state index >= 15 is 0 Å². The van der Waals surface area contributed by atoms with Gasteiger partial charge in [0.2, 0.25) is 5.88 Å². The average Bonchev–Trinajstić information content (AvgIpc) is 3.32. The maximum Gasteiger partial charge on any atom is 0.218 e. The summed E-state index contributed by atoms with van der Waals surface area (Å²) in [6.45, 7) is 3.95. The van der Waals surface area contributed by atoms with E-state index in [0.717, 1.165) is 34.0 Å². The number of rotatable bonds is 7.